The summed E-state index contributed by atoms with van der Waals surface area (Å²) >= 11 is 0. The first kappa shape index (κ1) is 17.5. The zero-order valence-electron chi connectivity index (χ0n) is 15.5. The van der Waals surface area contributed by atoms with Crippen LogP contribution in [-0.4, -0.2) is 30.6 Å². The number of carbonyl (C=O) groups is 1. The second-order valence-electron chi connectivity index (χ2n) is 6.37. The van der Waals surface area contributed by atoms with Crippen molar-refractivity contribution in [3.63, 3.8) is 0 Å². The molecule has 0 atom stereocenters. The predicted molar refractivity (Wildman–Crippen MR) is 108 cm³/mol. The molecule has 0 fully saturated rings. The fraction of sp³-hybridized carbons (Fsp3) is 0.100. The first-order valence-corrected chi connectivity index (χ1v) is 8.74. The van der Waals surface area contributed by atoms with E-state index in [-0.39, 0.29) is 5.91 Å². The molecule has 4 aromatic rings. The van der Waals surface area contributed by atoms with Crippen molar-refractivity contribution in [2.24, 2.45) is 0 Å². The van der Waals surface area contributed by atoms with Crippen LogP contribution in [0.5, 0.6) is 0 Å². The highest BCUT2D eigenvalue weighted by Crippen LogP contribution is 2.25. The number of pyridine rings is 1. The van der Waals surface area contributed by atoms with E-state index in [2.05, 4.69) is 30.8 Å². The molecule has 8 nitrogen and oxygen atoms in total. The number of aromatic nitrogens is 5. The molecule has 0 bridgehead atoms. The largest absolute Gasteiger partial charge is 0.337 e. The molecule has 3 heterocycles. The number of carbonyl (C=O) groups excluding carboxylic acids is 1. The molecule has 0 radical (unpaired) electrons. The van der Waals surface area contributed by atoms with Crippen molar-refractivity contribution in [2.75, 3.05) is 10.6 Å². The Morgan fingerprint density at radius 2 is 1.96 bits per heavy atom. The molecule has 0 spiro atoms. The number of rotatable bonds is 5. The Kier molecular flexibility index (Phi) is 4.59. The molecule has 28 heavy (non-hydrogen) atoms. The highest BCUT2D eigenvalue weighted by Gasteiger charge is 2.08. The minimum absolute atomic E-state index is 0.149. The standard InChI is InChI=1S/C20H19N7O/c1-13-9-19(23-14(2)28)22-11-18(13)24-20-10-17(25-26-20)15-3-5-16(6-4-15)27-8-7-21-12-27/h3-12H,1-2H3,(H,22,23,28)(H2,24,25,26). The molecule has 8 heteroatoms. The summed E-state index contributed by atoms with van der Waals surface area (Å²) in [5.74, 6) is 1.06. The Morgan fingerprint density at radius 3 is 2.64 bits per heavy atom. The van der Waals surface area contributed by atoms with Crippen LogP contribution in [0.15, 0.2) is 61.3 Å². The molecule has 140 valence electrons. The number of imidazole rings is 1. The topological polar surface area (TPSA) is 101 Å². The molecule has 0 saturated heterocycles. The van der Waals surface area contributed by atoms with Gasteiger partial charge in [0, 0.05) is 31.1 Å². The molecule has 1 aromatic carbocycles. The second-order valence-corrected chi connectivity index (χ2v) is 6.37. The maximum Gasteiger partial charge on any atom is 0.222 e. The van der Waals surface area contributed by atoms with E-state index in [4.69, 9.17) is 0 Å². The third kappa shape index (κ3) is 3.75. The van der Waals surface area contributed by atoms with Crippen LogP contribution in [0.2, 0.25) is 0 Å². The number of hydrogen-bond donors (Lipinski definition) is 3. The van der Waals surface area contributed by atoms with Crippen LogP contribution in [0.1, 0.15) is 12.5 Å². The Hall–Kier alpha value is -3.94. The Balaban J connectivity index is 1.49. The van der Waals surface area contributed by atoms with Crippen molar-refractivity contribution in [2.45, 2.75) is 13.8 Å². The van der Waals surface area contributed by atoms with Crippen molar-refractivity contribution in [1.82, 2.24) is 24.7 Å². The second kappa shape index (κ2) is 7.36. The van der Waals surface area contributed by atoms with Crippen LogP contribution < -0.4 is 10.6 Å². The lowest BCUT2D eigenvalue weighted by Gasteiger charge is -2.08. The van der Waals surface area contributed by atoms with E-state index in [1.807, 2.05) is 54.1 Å². The van der Waals surface area contributed by atoms with Gasteiger partial charge in [0.05, 0.1) is 23.9 Å². The van der Waals surface area contributed by atoms with Gasteiger partial charge in [-0.1, -0.05) is 12.1 Å². The highest BCUT2D eigenvalue weighted by molar-refractivity contribution is 5.87. The number of aryl methyl sites for hydroxylation is 1. The van der Waals surface area contributed by atoms with E-state index in [0.29, 0.717) is 11.6 Å². The van der Waals surface area contributed by atoms with Gasteiger partial charge in [-0.2, -0.15) is 5.10 Å². The predicted octanol–water partition coefficient (Wildman–Crippen LogP) is 3.67. The van der Waals surface area contributed by atoms with Crippen LogP contribution in [0, 0.1) is 6.92 Å². The molecule has 3 N–H and O–H groups in total. The van der Waals surface area contributed by atoms with Gasteiger partial charge in [0.2, 0.25) is 5.91 Å². The summed E-state index contributed by atoms with van der Waals surface area (Å²) in [4.78, 5) is 19.4. The van der Waals surface area contributed by atoms with Crippen LogP contribution in [0.25, 0.3) is 16.9 Å². The monoisotopic (exact) mass is 373 g/mol. The van der Waals surface area contributed by atoms with E-state index >= 15 is 0 Å². The summed E-state index contributed by atoms with van der Waals surface area (Å²) in [5.41, 5.74) is 4.75. The zero-order chi connectivity index (χ0) is 19.5. The molecule has 3 aromatic heterocycles. The molecule has 0 unspecified atom stereocenters. The van der Waals surface area contributed by atoms with Crippen LogP contribution in [0.4, 0.5) is 17.3 Å². The third-order valence-corrected chi connectivity index (χ3v) is 4.24. The maximum atomic E-state index is 11.1. The summed E-state index contributed by atoms with van der Waals surface area (Å²) in [7, 11) is 0. The molecule has 1 amide bonds. The van der Waals surface area contributed by atoms with Crippen molar-refractivity contribution >= 4 is 23.2 Å². The Labute approximate surface area is 161 Å². The lowest BCUT2D eigenvalue weighted by molar-refractivity contribution is -0.114. The fourth-order valence-electron chi connectivity index (χ4n) is 2.83. The molecular formula is C20H19N7O. The fourth-order valence-corrected chi connectivity index (χ4v) is 2.83. The van der Waals surface area contributed by atoms with E-state index < -0.39 is 0 Å². The van der Waals surface area contributed by atoms with Crippen molar-refractivity contribution in [1.29, 1.82) is 0 Å². The normalized spacial score (nSPS) is 10.6. The van der Waals surface area contributed by atoms with Gasteiger partial charge in [0.1, 0.15) is 5.82 Å². The molecule has 0 aliphatic heterocycles. The lowest BCUT2D eigenvalue weighted by atomic mass is 10.1. The quantitative estimate of drug-likeness (QED) is 0.496. The first-order valence-electron chi connectivity index (χ1n) is 8.74. The third-order valence-electron chi connectivity index (χ3n) is 4.24. The summed E-state index contributed by atoms with van der Waals surface area (Å²) in [6, 6.07) is 11.9. The Bertz CT molecular complexity index is 1100. The van der Waals surface area contributed by atoms with Gasteiger partial charge in [0.15, 0.2) is 5.82 Å². The van der Waals surface area contributed by atoms with Crippen molar-refractivity contribution < 1.29 is 4.79 Å². The molecule has 0 saturated carbocycles. The zero-order valence-corrected chi connectivity index (χ0v) is 15.5. The van der Waals surface area contributed by atoms with Crippen LogP contribution in [0.3, 0.4) is 0 Å². The number of hydrogen-bond acceptors (Lipinski definition) is 5. The van der Waals surface area contributed by atoms with Gasteiger partial charge in [0.25, 0.3) is 0 Å². The summed E-state index contributed by atoms with van der Waals surface area (Å²) < 4.78 is 1.95. The molecule has 0 aliphatic rings. The van der Waals surface area contributed by atoms with Gasteiger partial charge in [-0.05, 0) is 36.2 Å². The van der Waals surface area contributed by atoms with E-state index in [0.717, 1.165) is 28.2 Å². The van der Waals surface area contributed by atoms with E-state index in [1.54, 1.807) is 18.7 Å². The number of nitrogens with one attached hydrogen (secondary N) is 3. The highest BCUT2D eigenvalue weighted by atomic mass is 16.1. The van der Waals surface area contributed by atoms with Crippen LogP contribution in [-0.2, 0) is 4.79 Å². The van der Waals surface area contributed by atoms with Gasteiger partial charge in [-0.25, -0.2) is 9.97 Å². The van der Waals surface area contributed by atoms with Gasteiger partial charge in [-0.15, -0.1) is 0 Å². The Morgan fingerprint density at radius 1 is 1.14 bits per heavy atom. The minimum atomic E-state index is -0.149. The van der Waals surface area contributed by atoms with Crippen LogP contribution >= 0.6 is 0 Å². The summed E-state index contributed by atoms with van der Waals surface area (Å²) in [6.45, 7) is 3.40. The number of benzene rings is 1. The van der Waals surface area contributed by atoms with Gasteiger partial charge >= 0.3 is 0 Å². The van der Waals surface area contributed by atoms with Crippen molar-refractivity contribution in [3.05, 3.63) is 66.9 Å². The molecular weight excluding hydrogens is 354 g/mol. The number of nitrogens with zero attached hydrogens (tertiary/aromatic N) is 4. The maximum absolute atomic E-state index is 11.1. The summed E-state index contributed by atoms with van der Waals surface area (Å²) in [6.07, 6.45) is 7.09. The number of H-pyrrole nitrogens is 1. The molecule has 0 aliphatic carbocycles. The van der Waals surface area contributed by atoms with Crippen molar-refractivity contribution in [3.8, 4) is 16.9 Å². The number of anilines is 3. The lowest BCUT2D eigenvalue weighted by Crippen LogP contribution is -2.08. The number of aromatic amines is 1. The molecule has 4 rings (SSSR count). The van der Waals surface area contributed by atoms with Gasteiger partial charge < -0.3 is 15.2 Å². The van der Waals surface area contributed by atoms with Gasteiger partial charge in [-0.3, -0.25) is 9.89 Å². The average Bonchev–Trinajstić information content (AvgIpc) is 3.36. The van der Waals surface area contributed by atoms with E-state index in [9.17, 15) is 4.79 Å². The smallest absolute Gasteiger partial charge is 0.222 e. The van der Waals surface area contributed by atoms with E-state index in [1.165, 1.54) is 6.92 Å². The SMILES string of the molecule is CC(=O)Nc1cc(C)c(Nc2cc(-c3ccc(-n4ccnc4)cc3)[nH]n2)cn1. The first-order chi connectivity index (χ1) is 13.6. The minimum Gasteiger partial charge on any atom is -0.337 e. The average molecular weight is 373 g/mol. The summed E-state index contributed by atoms with van der Waals surface area (Å²) in [5, 5.41) is 13.3. The number of amides is 1.